The van der Waals surface area contributed by atoms with E-state index in [-0.39, 0.29) is 0 Å². The maximum absolute atomic E-state index is 11.0. The van der Waals surface area contributed by atoms with Crippen molar-refractivity contribution in [2.24, 2.45) is 0 Å². The van der Waals surface area contributed by atoms with Gasteiger partial charge in [0.2, 0.25) is 0 Å². The van der Waals surface area contributed by atoms with E-state index in [4.69, 9.17) is 0 Å². The molecule has 52 valence electrons. The summed E-state index contributed by atoms with van der Waals surface area (Å²) in [5, 5.41) is 0. The van der Waals surface area contributed by atoms with Crippen molar-refractivity contribution in [3.8, 4) is 0 Å². The SMILES string of the molecule is CC(=O)OCC(=O)NF. The Morgan fingerprint density at radius 1 is 1.67 bits per heavy atom. The van der Waals surface area contributed by atoms with Crippen molar-refractivity contribution in [1.82, 2.24) is 5.54 Å². The third-order valence-electron chi connectivity index (χ3n) is 0.512. The van der Waals surface area contributed by atoms with Gasteiger partial charge in [-0.25, -0.2) is 0 Å². The van der Waals surface area contributed by atoms with Crippen LogP contribution in [0.4, 0.5) is 4.48 Å². The summed E-state index contributed by atoms with van der Waals surface area (Å²) < 4.78 is 15.1. The Hall–Kier alpha value is -1.13. The lowest BCUT2D eigenvalue weighted by atomic mass is 10.7. The Balaban J connectivity index is 3.28. The molecule has 0 fully saturated rings. The van der Waals surface area contributed by atoms with E-state index in [1.165, 1.54) is 0 Å². The quantitative estimate of drug-likeness (QED) is 0.412. The van der Waals surface area contributed by atoms with E-state index < -0.39 is 18.5 Å². The summed E-state index contributed by atoms with van der Waals surface area (Å²) in [6.45, 7) is 0.567. The first-order chi connectivity index (χ1) is 4.16. The number of esters is 1. The summed E-state index contributed by atoms with van der Waals surface area (Å²) in [6, 6.07) is 0. The summed E-state index contributed by atoms with van der Waals surface area (Å²) >= 11 is 0. The van der Waals surface area contributed by atoms with Gasteiger partial charge in [-0.05, 0) is 0 Å². The predicted octanol–water partition coefficient (Wildman–Crippen LogP) is -0.450. The molecule has 0 saturated heterocycles. The zero-order chi connectivity index (χ0) is 7.28. The largest absolute Gasteiger partial charge is 0.456 e. The van der Waals surface area contributed by atoms with E-state index in [1.54, 1.807) is 0 Å². The minimum Gasteiger partial charge on any atom is -0.456 e. The van der Waals surface area contributed by atoms with Gasteiger partial charge in [-0.2, -0.15) is 5.54 Å². The Morgan fingerprint density at radius 3 is 2.56 bits per heavy atom. The normalized spacial score (nSPS) is 8.22. The van der Waals surface area contributed by atoms with Gasteiger partial charge < -0.3 is 4.74 Å². The van der Waals surface area contributed by atoms with Crippen molar-refractivity contribution in [2.45, 2.75) is 6.92 Å². The highest BCUT2D eigenvalue weighted by atomic mass is 19.2. The highest BCUT2D eigenvalue weighted by Crippen LogP contribution is 1.74. The van der Waals surface area contributed by atoms with Crippen LogP contribution in [-0.4, -0.2) is 18.5 Å². The van der Waals surface area contributed by atoms with Gasteiger partial charge >= 0.3 is 5.97 Å². The van der Waals surface area contributed by atoms with E-state index in [0.29, 0.717) is 0 Å². The van der Waals surface area contributed by atoms with Crippen LogP contribution in [0.3, 0.4) is 0 Å². The molecule has 0 aliphatic rings. The molecule has 0 spiro atoms. The molecular formula is C4H6FNO3. The average molecular weight is 135 g/mol. The van der Waals surface area contributed by atoms with Gasteiger partial charge in [-0.1, -0.05) is 0 Å². The molecule has 0 heterocycles. The number of ether oxygens (including phenoxy) is 1. The topological polar surface area (TPSA) is 55.4 Å². The van der Waals surface area contributed by atoms with Crippen LogP contribution < -0.4 is 5.54 Å². The maximum Gasteiger partial charge on any atom is 0.303 e. The molecule has 0 unspecified atom stereocenters. The zero-order valence-electron chi connectivity index (χ0n) is 4.81. The third kappa shape index (κ3) is 4.73. The molecule has 0 aromatic carbocycles. The van der Waals surface area contributed by atoms with Crippen molar-refractivity contribution in [3.05, 3.63) is 0 Å². The lowest BCUT2D eigenvalue weighted by molar-refractivity contribution is -0.147. The van der Waals surface area contributed by atoms with Crippen LogP contribution in [-0.2, 0) is 14.3 Å². The highest BCUT2D eigenvalue weighted by molar-refractivity contribution is 5.78. The van der Waals surface area contributed by atoms with Gasteiger partial charge in [0.05, 0.1) is 0 Å². The van der Waals surface area contributed by atoms with E-state index in [9.17, 15) is 14.1 Å². The standard InChI is InChI=1S/C4H6FNO3/c1-3(7)9-2-4(8)6-5/h2H2,1H3,(H,6,8). The molecule has 0 bridgehead atoms. The Kier molecular flexibility index (Phi) is 3.34. The minimum atomic E-state index is -0.967. The van der Waals surface area contributed by atoms with Crippen molar-refractivity contribution in [1.29, 1.82) is 0 Å². The van der Waals surface area contributed by atoms with Gasteiger partial charge in [0.15, 0.2) is 6.61 Å². The molecule has 0 saturated carbocycles. The Morgan fingerprint density at radius 2 is 2.22 bits per heavy atom. The molecule has 4 nitrogen and oxygen atoms in total. The lowest BCUT2D eigenvalue weighted by Crippen LogP contribution is -2.21. The first kappa shape index (κ1) is 7.87. The predicted molar refractivity (Wildman–Crippen MR) is 25.9 cm³/mol. The molecular weight excluding hydrogens is 129 g/mol. The van der Waals surface area contributed by atoms with Gasteiger partial charge in [0, 0.05) is 6.92 Å². The van der Waals surface area contributed by atoms with E-state index in [1.807, 2.05) is 0 Å². The molecule has 0 radical (unpaired) electrons. The fourth-order valence-corrected chi connectivity index (χ4v) is 0.194. The first-order valence-electron chi connectivity index (χ1n) is 2.19. The summed E-state index contributed by atoms with van der Waals surface area (Å²) in [5.74, 6) is -1.58. The number of nitrogens with one attached hydrogen (secondary N) is 1. The average Bonchev–Trinajstić information content (AvgIpc) is 1.83. The van der Waals surface area contributed by atoms with Crippen molar-refractivity contribution in [2.75, 3.05) is 6.61 Å². The monoisotopic (exact) mass is 135 g/mol. The number of hydrogen-bond donors (Lipinski definition) is 1. The van der Waals surface area contributed by atoms with Crippen LogP contribution in [0.15, 0.2) is 0 Å². The minimum absolute atomic E-state index is 0.564. The molecule has 0 aliphatic carbocycles. The zero-order valence-corrected chi connectivity index (χ0v) is 4.81. The fourth-order valence-electron chi connectivity index (χ4n) is 0.194. The van der Waals surface area contributed by atoms with E-state index >= 15 is 0 Å². The number of carbonyl (C=O) groups is 2. The second-order valence-corrected chi connectivity index (χ2v) is 1.30. The van der Waals surface area contributed by atoms with Crippen molar-refractivity contribution < 1.29 is 18.8 Å². The van der Waals surface area contributed by atoms with Crippen LogP contribution in [0.2, 0.25) is 0 Å². The molecule has 1 amide bonds. The van der Waals surface area contributed by atoms with Crippen molar-refractivity contribution in [3.63, 3.8) is 0 Å². The van der Waals surface area contributed by atoms with Crippen LogP contribution in [0, 0.1) is 0 Å². The first-order valence-corrected chi connectivity index (χ1v) is 2.19. The third-order valence-corrected chi connectivity index (χ3v) is 0.512. The maximum atomic E-state index is 11.0. The summed E-state index contributed by atoms with van der Waals surface area (Å²) in [4.78, 5) is 19.9. The van der Waals surface area contributed by atoms with E-state index in [0.717, 1.165) is 12.5 Å². The van der Waals surface area contributed by atoms with Crippen LogP contribution in [0.1, 0.15) is 6.92 Å². The number of rotatable bonds is 2. The van der Waals surface area contributed by atoms with Gasteiger partial charge in [-0.15, -0.1) is 4.48 Å². The second-order valence-electron chi connectivity index (χ2n) is 1.30. The molecule has 0 aromatic rings. The number of carbonyl (C=O) groups excluding carboxylic acids is 2. The van der Waals surface area contributed by atoms with Crippen molar-refractivity contribution >= 4 is 11.9 Å². The molecule has 1 N–H and O–H groups in total. The summed E-state index contributed by atoms with van der Waals surface area (Å²) in [7, 11) is 0. The molecule has 9 heavy (non-hydrogen) atoms. The Bertz CT molecular complexity index is 125. The van der Waals surface area contributed by atoms with Gasteiger partial charge in [0.1, 0.15) is 0 Å². The summed E-state index contributed by atoms with van der Waals surface area (Å²) in [5.41, 5.74) is 0.804. The van der Waals surface area contributed by atoms with Crippen LogP contribution >= 0.6 is 0 Å². The molecule has 0 aliphatic heterocycles. The molecule has 5 heteroatoms. The van der Waals surface area contributed by atoms with Gasteiger partial charge in [0.25, 0.3) is 5.91 Å². The smallest absolute Gasteiger partial charge is 0.303 e. The van der Waals surface area contributed by atoms with Crippen LogP contribution in [0.25, 0.3) is 0 Å². The highest BCUT2D eigenvalue weighted by Gasteiger charge is 2.00. The summed E-state index contributed by atoms with van der Waals surface area (Å²) in [6.07, 6.45) is 0. The lowest BCUT2D eigenvalue weighted by Gasteiger charge is -1.95. The number of amides is 1. The molecule has 0 rings (SSSR count). The Labute approximate surface area is 50.9 Å². The number of hydrogen-bond acceptors (Lipinski definition) is 3. The molecule has 0 atom stereocenters. The number of halogens is 1. The van der Waals surface area contributed by atoms with E-state index in [2.05, 4.69) is 4.74 Å². The molecule has 0 aromatic heterocycles. The van der Waals surface area contributed by atoms with Crippen LogP contribution in [0.5, 0.6) is 0 Å². The van der Waals surface area contributed by atoms with Gasteiger partial charge in [-0.3, -0.25) is 9.59 Å². The second kappa shape index (κ2) is 3.82. The fraction of sp³-hybridized carbons (Fsp3) is 0.500.